The van der Waals surface area contributed by atoms with E-state index in [1.165, 1.54) is 76.0 Å². The number of nitrogens with zero attached hydrogens (tertiary/aromatic N) is 5. The van der Waals surface area contributed by atoms with Crippen LogP contribution in [0.4, 0.5) is 28.4 Å². The van der Waals surface area contributed by atoms with Gasteiger partial charge in [0.05, 0.1) is 34.3 Å². The van der Waals surface area contributed by atoms with E-state index < -0.39 is 11.9 Å². The molecule has 0 fully saturated rings. The van der Waals surface area contributed by atoms with E-state index in [9.17, 15) is 20.1 Å². The SMILES string of the molecule is C=C(C)C(=O)OCCOc1cc(Nc2ccc(C#N)cc2C#N)c(OCCOC(=O)C(=C)C)cc1N=Nc1ccc(N(CCCCCCCC)CCCCCCCC)cc1C. The van der Waals surface area contributed by atoms with Gasteiger partial charge < -0.3 is 29.2 Å². The van der Waals surface area contributed by atoms with Crippen LogP contribution in [0, 0.1) is 29.6 Å². The number of benzene rings is 3. The molecule has 0 radical (unpaired) electrons. The molecule has 0 saturated carbocycles. The minimum Gasteiger partial charge on any atom is -0.488 e. The lowest BCUT2D eigenvalue weighted by Gasteiger charge is -2.26. The summed E-state index contributed by atoms with van der Waals surface area (Å²) in [5.41, 5.74) is 5.00. The number of hydrogen-bond acceptors (Lipinski definition) is 12. The molecule has 0 aliphatic heterocycles. The Morgan fingerprint density at radius 1 is 0.656 bits per heavy atom. The van der Waals surface area contributed by atoms with E-state index >= 15 is 0 Å². The Hall–Kier alpha value is -6.14. The summed E-state index contributed by atoms with van der Waals surface area (Å²) in [7, 11) is 0. The Morgan fingerprint density at radius 3 is 1.75 bits per heavy atom. The molecular weight excluding hydrogens is 769 g/mol. The van der Waals surface area contributed by atoms with E-state index in [0.717, 1.165) is 31.5 Å². The molecule has 326 valence electrons. The summed E-state index contributed by atoms with van der Waals surface area (Å²) in [6, 6.07) is 18.4. The van der Waals surface area contributed by atoms with Crippen molar-refractivity contribution in [3.05, 3.63) is 89.5 Å². The maximum absolute atomic E-state index is 12.1. The van der Waals surface area contributed by atoms with E-state index in [0.29, 0.717) is 34.1 Å². The first-order valence-electron chi connectivity index (χ1n) is 21.6. The lowest BCUT2D eigenvalue weighted by molar-refractivity contribution is -0.140. The van der Waals surface area contributed by atoms with E-state index in [-0.39, 0.29) is 48.9 Å². The van der Waals surface area contributed by atoms with Crippen LogP contribution in [0.1, 0.15) is 121 Å². The van der Waals surface area contributed by atoms with Gasteiger partial charge in [0.2, 0.25) is 0 Å². The summed E-state index contributed by atoms with van der Waals surface area (Å²) < 4.78 is 22.8. The molecule has 0 spiro atoms. The van der Waals surface area contributed by atoms with Crippen LogP contribution in [-0.2, 0) is 19.1 Å². The molecule has 0 aliphatic carbocycles. The van der Waals surface area contributed by atoms with Gasteiger partial charge in [-0.25, -0.2) is 9.59 Å². The first kappa shape index (κ1) is 49.2. The second-order valence-electron chi connectivity index (χ2n) is 15.1. The van der Waals surface area contributed by atoms with Crippen LogP contribution in [0.3, 0.4) is 0 Å². The highest BCUT2D eigenvalue weighted by Gasteiger charge is 2.17. The molecule has 0 atom stereocenters. The monoisotopic (exact) mass is 832 g/mol. The lowest BCUT2D eigenvalue weighted by Crippen LogP contribution is -2.25. The summed E-state index contributed by atoms with van der Waals surface area (Å²) >= 11 is 0. The summed E-state index contributed by atoms with van der Waals surface area (Å²) in [5, 5.41) is 31.8. The van der Waals surface area contributed by atoms with Gasteiger partial charge in [0, 0.05) is 42.1 Å². The molecule has 12 heteroatoms. The summed E-state index contributed by atoms with van der Waals surface area (Å²) in [4.78, 5) is 26.6. The second-order valence-corrected chi connectivity index (χ2v) is 15.1. The van der Waals surface area contributed by atoms with Crippen LogP contribution in [0.25, 0.3) is 0 Å². The van der Waals surface area contributed by atoms with Gasteiger partial charge in [-0.05, 0) is 75.6 Å². The van der Waals surface area contributed by atoms with Gasteiger partial charge in [0.25, 0.3) is 0 Å². The molecular formula is C49H64N6O6. The Labute approximate surface area is 363 Å². The fraction of sp³-hybridized carbons (Fsp3) is 0.469. The van der Waals surface area contributed by atoms with Gasteiger partial charge in [-0.3, -0.25) is 0 Å². The third-order valence-corrected chi connectivity index (χ3v) is 9.82. The van der Waals surface area contributed by atoms with Crippen molar-refractivity contribution in [1.82, 2.24) is 0 Å². The molecule has 12 nitrogen and oxygen atoms in total. The minimum absolute atomic E-state index is 0.0148. The van der Waals surface area contributed by atoms with Crippen molar-refractivity contribution in [3.8, 4) is 23.6 Å². The van der Waals surface area contributed by atoms with E-state index in [2.05, 4.69) is 65.7 Å². The van der Waals surface area contributed by atoms with Gasteiger partial charge in [-0.1, -0.05) is 91.2 Å². The normalized spacial score (nSPS) is 10.7. The number of nitrogens with one attached hydrogen (secondary N) is 1. The highest BCUT2D eigenvalue weighted by molar-refractivity contribution is 5.87. The number of nitriles is 2. The highest BCUT2D eigenvalue weighted by Crippen LogP contribution is 2.41. The van der Waals surface area contributed by atoms with E-state index in [1.807, 2.05) is 19.1 Å². The van der Waals surface area contributed by atoms with Crippen molar-refractivity contribution in [2.24, 2.45) is 10.2 Å². The highest BCUT2D eigenvalue weighted by atomic mass is 16.6. The number of carbonyl (C=O) groups is 2. The molecule has 3 aromatic rings. The standard InChI is InChI=1S/C49H64N6O6/c1-8-10-12-14-16-18-24-55(25-19-17-15-13-11-9-2)41-21-23-42(38(7)30-41)53-54-45-33-46(58-26-28-60-48(56)36(3)4)44(32-47(45)59-27-29-61-49(57)37(5)6)52-43-22-20-39(34-50)31-40(43)35-51/h20-23,30-33,52H,3,5,8-19,24-29H2,1-2,4,6-7H3. The fourth-order valence-corrected chi connectivity index (χ4v) is 6.33. The van der Waals surface area contributed by atoms with Crippen molar-refractivity contribution in [1.29, 1.82) is 10.5 Å². The van der Waals surface area contributed by atoms with E-state index in [1.54, 1.807) is 38.1 Å². The van der Waals surface area contributed by atoms with Crippen LogP contribution in [0.5, 0.6) is 11.5 Å². The van der Waals surface area contributed by atoms with Crippen LogP contribution in [-0.4, -0.2) is 51.5 Å². The van der Waals surface area contributed by atoms with E-state index in [4.69, 9.17) is 18.9 Å². The molecule has 0 heterocycles. The molecule has 3 rings (SSSR count). The number of carbonyl (C=O) groups excluding carboxylic acids is 2. The molecule has 0 saturated heterocycles. The minimum atomic E-state index is -0.543. The number of aryl methyl sites for hydroxylation is 1. The number of rotatable bonds is 29. The van der Waals surface area contributed by atoms with Crippen molar-refractivity contribution >= 4 is 40.4 Å². The molecule has 61 heavy (non-hydrogen) atoms. The Kier molecular flexibility index (Phi) is 22.3. The van der Waals surface area contributed by atoms with Crippen LogP contribution in [0.15, 0.2) is 83.1 Å². The average Bonchev–Trinajstić information content (AvgIpc) is 3.25. The topological polar surface area (TPSA) is 159 Å². The second kappa shape index (κ2) is 27.6. The third kappa shape index (κ3) is 17.5. The number of azo groups is 1. The Bertz CT molecular complexity index is 2010. The summed E-state index contributed by atoms with van der Waals surface area (Å²) in [6.45, 7) is 18.8. The first-order valence-corrected chi connectivity index (χ1v) is 21.6. The first-order chi connectivity index (χ1) is 29.5. The zero-order valence-corrected chi connectivity index (χ0v) is 36.9. The molecule has 0 amide bonds. The number of ether oxygens (including phenoxy) is 4. The summed E-state index contributed by atoms with van der Waals surface area (Å²) in [5.74, 6) is -0.507. The van der Waals surface area contributed by atoms with Crippen LogP contribution >= 0.6 is 0 Å². The zero-order chi connectivity index (χ0) is 44.4. The number of unbranched alkanes of at least 4 members (excludes halogenated alkanes) is 10. The van der Waals surface area contributed by atoms with Crippen molar-refractivity contribution < 1.29 is 28.5 Å². The van der Waals surface area contributed by atoms with Gasteiger partial charge in [-0.2, -0.15) is 15.6 Å². The maximum atomic E-state index is 12.1. The van der Waals surface area contributed by atoms with Gasteiger partial charge in [0.1, 0.15) is 49.7 Å². The largest absolute Gasteiger partial charge is 0.488 e. The average molecular weight is 833 g/mol. The number of anilines is 3. The zero-order valence-electron chi connectivity index (χ0n) is 36.9. The molecule has 3 aromatic carbocycles. The van der Waals surface area contributed by atoms with Crippen molar-refractivity contribution in [3.63, 3.8) is 0 Å². The van der Waals surface area contributed by atoms with Crippen molar-refractivity contribution in [2.75, 3.05) is 49.7 Å². The molecule has 1 N–H and O–H groups in total. The predicted molar refractivity (Wildman–Crippen MR) is 242 cm³/mol. The predicted octanol–water partition coefficient (Wildman–Crippen LogP) is 12.4. The molecule has 0 unspecified atom stereocenters. The Balaban J connectivity index is 1.98. The quantitative estimate of drug-likeness (QED) is 0.0309. The van der Waals surface area contributed by atoms with Crippen molar-refractivity contribution in [2.45, 2.75) is 112 Å². The molecule has 0 aromatic heterocycles. The van der Waals surface area contributed by atoms with Gasteiger partial charge in [-0.15, -0.1) is 5.11 Å². The molecule has 0 aliphatic rings. The molecule has 0 bridgehead atoms. The summed E-state index contributed by atoms with van der Waals surface area (Å²) in [6.07, 6.45) is 15.0. The lowest BCUT2D eigenvalue weighted by atomic mass is 10.1. The fourth-order valence-electron chi connectivity index (χ4n) is 6.33. The third-order valence-electron chi connectivity index (χ3n) is 9.82. The number of hydrogen-bond donors (Lipinski definition) is 1. The Morgan fingerprint density at radius 2 is 1.21 bits per heavy atom. The smallest absolute Gasteiger partial charge is 0.333 e. The van der Waals surface area contributed by atoms with Gasteiger partial charge in [0.15, 0.2) is 0 Å². The maximum Gasteiger partial charge on any atom is 0.333 e. The number of esters is 2. The van der Waals surface area contributed by atoms with Crippen LogP contribution < -0.4 is 19.7 Å². The van der Waals surface area contributed by atoms with Crippen LogP contribution in [0.2, 0.25) is 0 Å². The van der Waals surface area contributed by atoms with Gasteiger partial charge >= 0.3 is 11.9 Å².